The molecule has 1 aromatic heterocycles. The summed E-state index contributed by atoms with van der Waals surface area (Å²) in [6.07, 6.45) is 6.50. The Morgan fingerprint density at radius 2 is 2.16 bits per heavy atom. The average molecular weight is 350 g/mol. The molecule has 0 radical (unpaired) electrons. The molecule has 138 valence electrons. The molecule has 2 aliphatic rings. The Labute approximate surface area is 147 Å². The Kier molecular flexibility index (Phi) is 5.39. The summed E-state index contributed by atoms with van der Waals surface area (Å²) in [5.74, 6) is -0.732. The van der Waals surface area contributed by atoms with Crippen LogP contribution in [-0.2, 0) is 20.9 Å². The third kappa shape index (κ3) is 3.69. The first kappa shape index (κ1) is 17.9. The molecule has 2 atom stereocenters. The zero-order chi connectivity index (χ0) is 17.9. The van der Waals surface area contributed by atoms with Crippen molar-refractivity contribution in [3.8, 4) is 0 Å². The van der Waals surface area contributed by atoms with Crippen molar-refractivity contribution in [2.45, 2.75) is 19.4 Å². The van der Waals surface area contributed by atoms with Crippen LogP contribution < -0.4 is 0 Å². The highest BCUT2D eigenvalue weighted by Gasteiger charge is 2.58. The molecule has 0 saturated carbocycles. The molecule has 25 heavy (non-hydrogen) atoms. The molecular weight excluding hydrogens is 324 g/mol. The lowest BCUT2D eigenvalue weighted by Crippen LogP contribution is -2.42. The maximum atomic E-state index is 12.5. The highest BCUT2D eigenvalue weighted by atomic mass is 16.5. The minimum atomic E-state index is -0.826. The van der Waals surface area contributed by atoms with Gasteiger partial charge >= 0.3 is 5.97 Å². The predicted octanol–water partition coefficient (Wildman–Crippen LogP) is 0.155. The standard InChI is InChI=1S/C17H26N4O4/c1-25-8-7-20-9-14-10-21(12-17(14,11-20)16(23)24)15(22)3-2-5-19-6-4-18-13-19/h4,6,13-14H,2-3,5,7-12H2,1H3,(H,23,24)/t14-,17-/m1/s1. The molecule has 0 bridgehead atoms. The number of hydrogen-bond donors (Lipinski definition) is 1. The van der Waals surface area contributed by atoms with E-state index in [0.717, 1.165) is 19.5 Å². The van der Waals surface area contributed by atoms with Crippen LogP contribution in [0.4, 0.5) is 0 Å². The third-order valence-corrected chi connectivity index (χ3v) is 5.44. The van der Waals surface area contributed by atoms with Gasteiger partial charge in [0.2, 0.25) is 5.91 Å². The molecule has 0 unspecified atom stereocenters. The molecule has 2 saturated heterocycles. The molecular formula is C17H26N4O4. The van der Waals surface area contributed by atoms with E-state index in [0.29, 0.717) is 39.2 Å². The first-order valence-electron chi connectivity index (χ1n) is 8.73. The first-order valence-corrected chi connectivity index (χ1v) is 8.73. The molecule has 1 aromatic rings. The number of carbonyl (C=O) groups is 2. The average Bonchev–Trinajstić information content (AvgIpc) is 3.27. The number of ether oxygens (including phenoxy) is 1. The van der Waals surface area contributed by atoms with E-state index < -0.39 is 11.4 Å². The van der Waals surface area contributed by atoms with Crippen molar-refractivity contribution >= 4 is 11.9 Å². The molecule has 0 aliphatic carbocycles. The van der Waals surface area contributed by atoms with Gasteiger partial charge in [-0.25, -0.2) is 4.98 Å². The summed E-state index contributed by atoms with van der Waals surface area (Å²) in [6.45, 7) is 4.15. The fourth-order valence-electron chi connectivity index (χ4n) is 4.04. The van der Waals surface area contributed by atoms with Gasteiger partial charge in [0.25, 0.3) is 0 Å². The van der Waals surface area contributed by atoms with Gasteiger partial charge in [-0.1, -0.05) is 0 Å². The van der Waals surface area contributed by atoms with E-state index in [-0.39, 0.29) is 11.8 Å². The van der Waals surface area contributed by atoms with Crippen molar-refractivity contribution in [2.24, 2.45) is 11.3 Å². The lowest BCUT2D eigenvalue weighted by Gasteiger charge is -2.25. The summed E-state index contributed by atoms with van der Waals surface area (Å²) in [5, 5.41) is 9.81. The van der Waals surface area contributed by atoms with E-state index in [2.05, 4.69) is 9.88 Å². The fourth-order valence-corrected chi connectivity index (χ4v) is 4.04. The molecule has 8 nitrogen and oxygen atoms in total. The van der Waals surface area contributed by atoms with Crippen molar-refractivity contribution in [1.29, 1.82) is 0 Å². The van der Waals surface area contributed by atoms with E-state index in [9.17, 15) is 14.7 Å². The van der Waals surface area contributed by atoms with Crippen LogP contribution in [0.25, 0.3) is 0 Å². The van der Waals surface area contributed by atoms with Crippen LogP contribution >= 0.6 is 0 Å². The second kappa shape index (κ2) is 7.53. The number of nitrogens with zero attached hydrogens (tertiary/aromatic N) is 4. The van der Waals surface area contributed by atoms with E-state index in [1.54, 1.807) is 24.5 Å². The number of aliphatic carboxylic acids is 1. The highest BCUT2D eigenvalue weighted by molar-refractivity contribution is 5.81. The number of carboxylic acid groups (broad SMARTS) is 1. The Morgan fingerprint density at radius 3 is 2.80 bits per heavy atom. The van der Waals surface area contributed by atoms with Crippen molar-refractivity contribution in [3.05, 3.63) is 18.7 Å². The van der Waals surface area contributed by atoms with Gasteiger partial charge in [-0.2, -0.15) is 0 Å². The van der Waals surface area contributed by atoms with Crippen molar-refractivity contribution in [3.63, 3.8) is 0 Å². The quantitative estimate of drug-likeness (QED) is 0.718. The number of carboxylic acids is 1. The van der Waals surface area contributed by atoms with Gasteiger partial charge in [0.15, 0.2) is 0 Å². The number of fused-ring (bicyclic) bond motifs is 1. The second-order valence-corrected chi connectivity index (χ2v) is 7.06. The molecule has 3 rings (SSSR count). The van der Waals surface area contributed by atoms with Crippen molar-refractivity contribution in [1.82, 2.24) is 19.4 Å². The fraction of sp³-hybridized carbons (Fsp3) is 0.706. The number of likely N-dealkylation sites (tertiary alicyclic amines) is 2. The predicted molar refractivity (Wildman–Crippen MR) is 89.9 cm³/mol. The maximum Gasteiger partial charge on any atom is 0.313 e. The van der Waals surface area contributed by atoms with Gasteiger partial charge in [0.05, 0.1) is 12.9 Å². The van der Waals surface area contributed by atoms with Crippen LogP contribution in [0.3, 0.4) is 0 Å². The lowest BCUT2D eigenvalue weighted by molar-refractivity contribution is -0.149. The molecule has 0 spiro atoms. The number of imidazole rings is 1. The molecule has 0 aromatic carbocycles. The Balaban J connectivity index is 1.54. The molecule has 1 amide bonds. The van der Waals surface area contributed by atoms with E-state index in [1.165, 1.54) is 0 Å². The van der Waals surface area contributed by atoms with Crippen LogP contribution in [-0.4, -0.2) is 82.8 Å². The normalized spacial score (nSPS) is 26.1. The largest absolute Gasteiger partial charge is 0.481 e. The van der Waals surface area contributed by atoms with Crippen LogP contribution in [0.2, 0.25) is 0 Å². The number of hydrogen-bond acceptors (Lipinski definition) is 5. The van der Waals surface area contributed by atoms with Crippen LogP contribution in [0.1, 0.15) is 12.8 Å². The SMILES string of the molecule is COCCN1C[C@@H]2CN(C(=O)CCCn3ccnc3)C[C@]2(C(=O)O)C1. The number of methoxy groups -OCH3 is 1. The molecule has 1 N–H and O–H groups in total. The van der Waals surface area contributed by atoms with Crippen LogP contribution in [0, 0.1) is 11.3 Å². The molecule has 3 heterocycles. The number of amides is 1. The Morgan fingerprint density at radius 1 is 1.32 bits per heavy atom. The zero-order valence-corrected chi connectivity index (χ0v) is 14.6. The third-order valence-electron chi connectivity index (χ3n) is 5.44. The number of carbonyl (C=O) groups excluding carboxylic acids is 1. The van der Waals surface area contributed by atoms with Crippen LogP contribution in [0.5, 0.6) is 0 Å². The topological polar surface area (TPSA) is 87.9 Å². The van der Waals surface area contributed by atoms with Gasteiger partial charge in [0, 0.05) is 71.1 Å². The van der Waals surface area contributed by atoms with Gasteiger partial charge in [-0.05, 0) is 6.42 Å². The smallest absolute Gasteiger partial charge is 0.313 e. The summed E-state index contributed by atoms with van der Waals surface area (Å²) in [7, 11) is 1.65. The van der Waals surface area contributed by atoms with E-state index in [1.807, 2.05) is 10.8 Å². The Bertz CT molecular complexity index is 606. The summed E-state index contributed by atoms with van der Waals surface area (Å²) in [4.78, 5) is 32.3. The molecule has 2 aliphatic heterocycles. The van der Waals surface area contributed by atoms with E-state index in [4.69, 9.17) is 4.74 Å². The highest BCUT2D eigenvalue weighted by Crippen LogP contribution is 2.42. The van der Waals surface area contributed by atoms with Gasteiger partial charge in [-0.15, -0.1) is 0 Å². The van der Waals surface area contributed by atoms with Crippen molar-refractivity contribution in [2.75, 3.05) is 46.4 Å². The maximum absolute atomic E-state index is 12.5. The zero-order valence-electron chi connectivity index (χ0n) is 14.6. The minimum absolute atomic E-state index is 0.000505. The van der Waals surface area contributed by atoms with Gasteiger partial charge < -0.3 is 19.3 Å². The monoisotopic (exact) mass is 350 g/mol. The number of aryl methyl sites for hydroxylation is 1. The minimum Gasteiger partial charge on any atom is -0.481 e. The summed E-state index contributed by atoms with van der Waals surface area (Å²) in [6, 6.07) is 0. The lowest BCUT2D eigenvalue weighted by atomic mass is 9.81. The van der Waals surface area contributed by atoms with Crippen molar-refractivity contribution < 1.29 is 19.4 Å². The summed E-state index contributed by atoms with van der Waals surface area (Å²) >= 11 is 0. The molecule has 2 fully saturated rings. The summed E-state index contributed by atoms with van der Waals surface area (Å²) < 4.78 is 7.04. The van der Waals surface area contributed by atoms with E-state index >= 15 is 0 Å². The van der Waals surface area contributed by atoms with Crippen LogP contribution in [0.15, 0.2) is 18.7 Å². The Hall–Kier alpha value is -1.93. The molecule has 8 heteroatoms. The number of aromatic nitrogens is 2. The first-order chi connectivity index (χ1) is 12.0. The van der Waals surface area contributed by atoms with Gasteiger partial charge in [0.1, 0.15) is 5.41 Å². The summed E-state index contributed by atoms with van der Waals surface area (Å²) in [5.41, 5.74) is -0.826. The second-order valence-electron chi connectivity index (χ2n) is 7.06. The number of rotatable bonds is 8. The van der Waals surface area contributed by atoms with Gasteiger partial charge in [-0.3, -0.25) is 14.5 Å².